The number of carbonyl (C=O) groups is 1. The lowest BCUT2D eigenvalue weighted by Gasteiger charge is -2.12. The third kappa shape index (κ3) is 3.09. The van der Waals surface area contributed by atoms with Gasteiger partial charge in [-0.05, 0) is 35.7 Å². The van der Waals surface area contributed by atoms with Crippen LogP contribution in [0.5, 0.6) is 11.5 Å². The Bertz CT molecular complexity index is 636. The van der Waals surface area contributed by atoms with Crippen molar-refractivity contribution in [3.05, 3.63) is 53.6 Å². The van der Waals surface area contributed by atoms with Crippen LogP contribution in [-0.2, 0) is 0 Å². The molecule has 2 rings (SSSR count). The zero-order valence-corrected chi connectivity index (χ0v) is 11.6. The number of primary amides is 1. The summed E-state index contributed by atoms with van der Waals surface area (Å²) < 4.78 is 5.76. The van der Waals surface area contributed by atoms with Gasteiger partial charge in [0, 0.05) is 11.8 Å². The summed E-state index contributed by atoms with van der Waals surface area (Å²) in [6.45, 7) is 4.21. The molecule has 0 saturated carbocycles. The molecule has 0 spiro atoms. The number of hydrogen-bond donors (Lipinski definition) is 2. The fraction of sp³-hybridized carbons (Fsp3) is 0.188. The van der Waals surface area contributed by atoms with E-state index in [1.807, 2.05) is 24.3 Å². The lowest BCUT2D eigenvalue weighted by molar-refractivity contribution is 0.0998. The lowest BCUT2D eigenvalue weighted by atomic mass is 10.0. The normalized spacial score (nSPS) is 10.6. The largest absolute Gasteiger partial charge is 0.456 e. The second-order valence-electron chi connectivity index (χ2n) is 4.95. The number of anilines is 1. The third-order valence-electron chi connectivity index (χ3n) is 3.02. The van der Waals surface area contributed by atoms with Gasteiger partial charge in [0.2, 0.25) is 0 Å². The minimum Gasteiger partial charge on any atom is -0.456 e. The Morgan fingerprint density at radius 3 is 2.55 bits per heavy atom. The van der Waals surface area contributed by atoms with Crippen LogP contribution in [0.1, 0.15) is 35.7 Å². The topological polar surface area (TPSA) is 78.3 Å². The van der Waals surface area contributed by atoms with Crippen LogP contribution in [0.4, 0.5) is 5.69 Å². The number of amides is 1. The van der Waals surface area contributed by atoms with E-state index in [0.29, 0.717) is 28.7 Å². The summed E-state index contributed by atoms with van der Waals surface area (Å²) in [6.07, 6.45) is 0. The number of hydrogen-bond acceptors (Lipinski definition) is 3. The number of nitrogen functional groups attached to an aromatic ring is 1. The number of benzene rings is 2. The minimum atomic E-state index is -0.542. The maximum atomic E-state index is 11.4. The van der Waals surface area contributed by atoms with E-state index < -0.39 is 5.91 Å². The molecule has 0 bridgehead atoms. The first-order valence-electron chi connectivity index (χ1n) is 6.44. The average Bonchev–Trinajstić information content (AvgIpc) is 2.38. The van der Waals surface area contributed by atoms with Crippen LogP contribution in [0.2, 0.25) is 0 Å². The SMILES string of the molecule is CC(C)c1cccc(Oc2cc(N)ccc2C(N)=O)c1. The Kier molecular flexibility index (Phi) is 3.94. The van der Waals surface area contributed by atoms with Gasteiger partial charge in [-0.25, -0.2) is 0 Å². The number of rotatable bonds is 4. The Balaban J connectivity index is 2.36. The molecule has 2 aromatic rings. The van der Waals surface area contributed by atoms with Crippen LogP contribution in [-0.4, -0.2) is 5.91 Å². The van der Waals surface area contributed by atoms with E-state index in [-0.39, 0.29) is 0 Å². The van der Waals surface area contributed by atoms with E-state index in [1.165, 1.54) is 0 Å². The Morgan fingerprint density at radius 1 is 1.15 bits per heavy atom. The highest BCUT2D eigenvalue weighted by Crippen LogP contribution is 2.29. The van der Waals surface area contributed by atoms with Crippen LogP contribution in [0.15, 0.2) is 42.5 Å². The summed E-state index contributed by atoms with van der Waals surface area (Å²) in [6, 6.07) is 12.5. The van der Waals surface area contributed by atoms with Crippen LogP contribution in [0.25, 0.3) is 0 Å². The molecule has 0 aromatic heterocycles. The van der Waals surface area contributed by atoms with Gasteiger partial charge in [-0.1, -0.05) is 26.0 Å². The van der Waals surface area contributed by atoms with E-state index in [4.69, 9.17) is 16.2 Å². The first kappa shape index (κ1) is 13.9. The van der Waals surface area contributed by atoms with Crippen molar-refractivity contribution in [3.8, 4) is 11.5 Å². The smallest absolute Gasteiger partial charge is 0.252 e. The van der Waals surface area contributed by atoms with Crippen LogP contribution in [0.3, 0.4) is 0 Å². The standard InChI is InChI=1S/C16H18N2O2/c1-10(2)11-4-3-5-13(8-11)20-15-9-12(17)6-7-14(15)16(18)19/h3-10H,17H2,1-2H3,(H2,18,19). The zero-order valence-electron chi connectivity index (χ0n) is 11.6. The summed E-state index contributed by atoms with van der Waals surface area (Å²) in [5, 5.41) is 0. The van der Waals surface area contributed by atoms with Crippen molar-refractivity contribution < 1.29 is 9.53 Å². The summed E-state index contributed by atoms with van der Waals surface area (Å²) in [4.78, 5) is 11.4. The molecule has 1 amide bonds. The molecule has 0 heterocycles. The number of nitrogens with two attached hydrogens (primary N) is 2. The first-order chi connectivity index (χ1) is 9.47. The summed E-state index contributed by atoms with van der Waals surface area (Å²) in [5.41, 5.74) is 13.1. The molecule has 0 fully saturated rings. The van der Waals surface area contributed by atoms with Crippen molar-refractivity contribution in [2.75, 3.05) is 5.73 Å². The van der Waals surface area contributed by atoms with Crippen molar-refractivity contribution in [2.45, 2.75) is 19.8 Å². The molecule has 20 heavy (non-hydrogen) atoms. The van der Waals surface area contributed by atoms with Crippen LogP contribution < -0.4 is 16.2 Å². The van der Waals surface area contributed by atoms with Gasteiger partial charge in [-0.3, -0.25) is 4.79 Å². The maximum Gasteiger partial charge on any atom is 0.252 e. The molecule has 4 nitrogen and oxygen atoms in total. The molecular weight excluding hydrogens is 252 g/mol. The number of ether oxygens (including phenoxy) is 1. The summed E-state index contributed by atoms with van der Waals surface area (Å²) >= 11 is 0. The van der Waals surface area contributed by atoms with E-state index in [1.54, 1.807) is 18.2 Å². The molecule has 0 radical (unpaired) electrons. The highest BCUT2D eigenvalue weighted by molar-refractivity contribution is 5.96. The van der Waals surface area contributed by atoms with Gasteiger partial charge in [0.1, 0.15) is 11.5 Å². The van der Waals surface area contributed by atoms with Gasteiger partial charge in [0.25, 0.3) is 5.91 Å². The summed E-state index contributed by atoms with van der Waals surface area (Å²) in [7, 11) is 0. The summed E-state index contributed by atoms with van der Waals surface area (Å²) in [5.74, 6) is 0.887. The van der Waals surface area contributed by atoms with Gasteiger partial charge < -0.3 is 16.2 Å². The van der Waals surface area contributed by atoms with Gasteiger partial charge >= 0.3 is 0 Å². The predicted octanol–water partition coefficient (Wildman–Crippen LogP) is 3.28. The van der Waals surface area contributed by atoms with Gasteiger partial charge in [0.05, 0.1) is 5.56 Å². The Hall–Kier alpha value is -2.49. The van der Waals surface area contributed by atoms with E-state index in [9.17, 15) is 4.79 Å². The molecule has 0 aliphatic heterocycles. The van der Waals surface area contributed by atoms with Gasteiger partial charge in [-0.15, -0.1) is 0 Å². The second-order valence-corrected chi connectivity index (χ2v) is 4.95. The molecule has 0 atom stereocenters. The van der Waals surface area contributed by atoms with Crippen molar-refractivity contribution in [1.82, 2.24) is 0 Å². The molecule has 0 saturated heterocycles. The van der Waals surface area contributed by atoms with E-state index in [2.05, 4.69) is 13.8 Å². The second kappa shape index (κ2) is 5.65. The highest BCUT2D eigenvalue weighted by atomic mass is 16.5. The van der Waals surface area contributed by atoms with Crippen LogP contribution in [0, 0.1) is 0 Å². The lowest BCUT2D eigenvalue weighted by Crippen LogP contribution is -2.12. The van der Waals surface area contributed by atoms with Gasteiger partial charge in [-0.2, -0.15) is 0 Å². The van der Waals surface area contributed by atoms with Crippen molar-refractivity contribution in [2.24, 2.45) is 5.73 Å². The van der Waals surface area contributed by atoms with E-state index in [0.717, 1.165) is 5.56 Å². The Morgan fingerprint density at radius 2 is 1.90 bits per heavy atom. The van der Waals surface area contributed by atoms with Crippen molar-refractivity contribution >= 4 is 11.6 Å². The third-order valence-corrected chi connectivity index (χ3v) is 3.02. The minimum absolute atomic E-state index is 0.314. The maximum absolute atomic E-state index is 11.4. The monoisotopic (exact) mass is 270 g/mol. The fourth-order valence-corrected chi connectivity index (χ4v) is 1.89. The fourth-order valence-electron chi connectivity index (χ4n) is 1.89. The molecule has 0 aliphatic carbocycles. The van der Waals surface area contributed by atoms with E-state index >= 15 is 0 Å². The highest BCUT2D eigenvalue weighted by Gasteiger charge is 2.11. The molecule has 4 heteroatoms. The zero-order chi connectivity index (χ0) is 14.7. The molecule has 4 N–H and O–H groups in total. The molecule has 2 aromatic carbocycles. The van der Waals surface area contributed by atoms with Crippen molar-refractivity contribution in [3.63, 3.8) is 0 Å². The van der Waals surface area contributed by atoms with Gasteiger partial charge in [0.15, 0.2) is 0 Å². The number of carbonyl (C=O) groups excluding carboxylic acids is 1. The molecule has 0 unspecified atom stereocenters. The Labute approximate surface area is 118 Å². The molecule has 0 aliphatic rings. The van der Waals surface area contributed by atoms with Crippen LogP contribution >= 0.6 is 0 Å². The first-order valence-corrected chi connectivity index (χ1v) is 6.44. The van der Waals surface area contributed by atoms with Crippen molar-refractivity contribution in [1.29, 1.82) is 0 Å². The quantitative estimate of drug-likeness (QED) is 0.837. The molecular formula is C16H18N2O2. The predicted molar refractivity (Wildman–Crippen MR) is 80.0 cm³/mol. The average molecular weight is 270 g/mol. The molecule has 104 valence electrons.